The molecular weight excluding hydrogens is 228 g/mol. The summed E-state index contributed by atoms with van der Waals surface area (Å²) in [5, 5.41) is 0. The first kappa shape index (κ1) is 10.4. The highest BCUT2D eigenvalue weighted by Crippen LogP contribution is 2.02. The van der Waals surface area contributed by atoms with Crippen LogP contribution in [0, 0.1) is 0 Å². The van der Waals surface area contributed by atoms with E-state index in [1.807, 2.05) is 24.5 Å². The number of hydrogen-bond donors (Lipinski definition) is 2. The summed E-state index contributed by atoms with van der Waals surface area (Å²) in [6.07, 6.45) is 10.3. The van der Waals surface area contributed by atoms with E-state index in [4.69, 9.17) is 0 Å². The molecule has 88 valence electrons. The summed E-state index contributed by atoms with van der Waals surface area (Å²) < 4.78 is 0. The van der Waals surface area contributed by atoms with E-state index < -0.39 is 0 Å². The third-order valence-corrected chi connectivity index (χ3v) is 2.38. The Hall–Kier alpha value is -2.76. The predicted molar refractivity (Wildman–Crippen MR) is 67.8 cm³/mol. The number of H-pyrrole nitrogens is 2. The highest BCUT2D eigenvalue weighted by molar-refractivity contribution is 5.69. The number of hydrogen-bond acceptors (Lipinski definition) is 4. The first-order valence-electron chi connectivity index (χ1n) is 5.42. The molecule has 0 radical (unpaired) electrons. The monoisotopic (exact) mass is 238 g/mol. The van der Waals surface area contributed by atoms with Crippen LogP contribution in [0.3, 0.4) is 0 Å². The highest BCUT2D eigenvalue weighted by Gasteiger charge is 1.90. The lowest BCUT2D eigenvalue weighted by Crippen LogP contribution is -1.75. The molecule has 4 aromatic rings. The third-order valence-electron chi connectivity index (χ3n) is 2.38. The Balaban J connectivity index is 0.000000111. The van der Waals surface area contributed by atoms with Crippen molar-refractivity contribution in [3.63, 3.8) is 0 Å². The normalized spacial score (nSPS) is 10.2. The van der Waals surface area contributed by atoms with Gasteiger partial charge in [0.25, 0.3) is 0 Å². The molecule has 4 rings (SSSR count). The van der Waals surface area contributed by atoms with Crippen molar-refractivity contribution >= 4 is 22.3 Å². The molecule has 4 heterocycles. The van der Waals surface area contributed by atoms with Crippen molar-refractivity contribution < 1.29 is 0 Å². The molecule has 0 saturated heterocycles. The van der Waals surface area contributed by atoms with Gasteiger partial charge in [-0.05, 0) is 12.1 Å². The molecule has 0 bridgehead atoms. The lowest BCUT2D eigenvalue weighted by Gasteiger charge is -1.81. The molecule has 0 aromatic carbocycles. The molecule has 0 atom stereocenters. The van der Waals surface area contributed by atoms with Crippen LogP contribution in [0.1, 0.15) is 0 Å². The zero-order valence-corrected chi connectivity index (χ0v) is 9.41. The van der Waals surface area contributed by atoms with Crippen molar-refractivity contribution in [2.75, 3.05) is 0 Å². The van der Waals surface area contributed by atoms with Crippen LogP contribution < -0.4 is 0 Å². The van der Waals surface area contributed by atoms with Gasteiger partial charge in [0.15, 0.2) is 11.3 Å². The van der Waals surface area contributed by atoms with Crippen LogP contribution in [0.4, 0.5) is 0 Å². The minimum absolute atomic E-state index is 0.845. The molecule has 0 spiro atoms. The van der Waals surface area contributed by atoms with Gasteiger partial charge in [0.1, 0.15) is 11.0 Å². The molecular formula is C12H10N6. The maximum Gasteiger partial charge on any atom is 0.155 e. The van der Waals surface area contributed by atoms with Gasteiger partial charge in [-0.15, -0.1) is 0 Å². The number of fused-ring (bicyclic) bond motifs is 2. The van der Waals surface area contributed by atoms with Crippen LogP contribution in [0.15, 0.2) is 49.3 Å². The number of aromatic amines is 2. The van der Waals surface area contributed by atoms with Crippen LogP contribution >= 0.6 is 0 Å². The molecule has 0 saturated carbocycles. The molecule has 6 heteroatoms. The zero-order chi connectivity index (χ0) is 12.2. The average Bonchev–Trinajstić information content (AvgIpc) is 3.08. The minimum atomic E-state index is 0.845. The summed E-state index contributed by atoms with van der Waals surface area (Å²) in [6, 6.07) is 3.78. The largest absolute Gasteiger partial charge is 0.345 e. The molecule has 0 unspecified atom stereocenters. The Bertz CT molecular complexity index is 631. The van der Waals surface area contributed by atoms with E-state index in [9.17, 15) is 0 Å². The highest BCUT2D eigenvalue weighted by atomic mass is 14.9. The van der Waals surface area contributed by atoms with Gasteiger partial charge in [-0.25, -0.2) is 9.97 Å². The number of nitrogens with zero attached hydrogens (tertiary/aromatic N) is 4. The van der Waals surface area contributed by atoms with Gasteiger partial charge in [-0.1, -0.05) is 0 Å². The van der Waals surface area contributed by atoms with Crippen molar-refractivity contribution in [3.8, 4) is 0 Å². The van der Waals surface area contributed by atoms with Gasteiger partial charge in [0, 0.05) is 37.2 Å². The van der Waals surface area contributed by atoms with Crippen molar-refractivity contribution in [1.29, 1.82) is 0 Å². The lowest BCUT2D eigenvalue weighted by atomic mass is 10.5. The second-order valence-corrected chi connectivity index (χ2v) is 3.54. The maximum atomic E-state index is 4.05. The van der Waals surface area contributed by atoms with E-state index in [1.165, 1.54) is 0 Å². The van der Waals surface area contributed by atoms with E-state index in [0.717, 1.165) is 22.3 Å². The SMILES string of the molecule is c1cnc2[nH]ccc2n1.c1cnc2[nH]ccc2n1. The quantitative estimate of drug-likeness (QED) is 0.490. The summed E-state index contributed by atoms with van der Waals surface area (Å²) in [6.45, 7) is 0. The van der Waals surface area contributed by atoms with E-state index in [0.29, 0.717) is 0 Å². The standard InChI is InChI=1S/2C6H5N3/c2*1-2-8-6-5(1)7-3-4-9-6/h2*1-4H,(H,8,9). The van der Waals surface area contributed by atoms with Crippen LogP contribution in [-0.2, 0) is 0 Å². The van der Waals surface area contributed by atoms with Crippen LogP contribution in [0.25, 0.3) is 22.3 Å². The fourth-order valence-electron chi connectivity index (χ4n) is 1.56. The Morgan fingerprint density at radius 2 is 1.06 bits per heavy atom. The molecule has 2 N–H and O–H groups in total. The Morgan fingerprint density at radius 3 is 1.50 bits per heavy atom. The van der Waals surface area contributed by atoms with Gasteiger partial charge in [-0.3, -0.25) is 9.97 Å². The molecule has 0 aliphatic carbocycles. The fraction of sp³-hybridized carbons (Fsp3) is 0. The molecule has 4 aromatic heterocycles. The first-order chi connectivity index (χ1) is 8.93. The second kappa shape index (κ2) is 4.62. The molecule has 18 heavy (non-hydrogen) atoms. The van der Waals surface area contributed by atoms with Gasteiger partial charge in [-0.2, -0.15) is 0 Å². The second-order valence-electron chi connectivity index (χ2n) is 3.54. The number of nitrogens with one attached hydrogen (secondary N) is 2. The summed E-state index contributed by atoms with van der Waals surface area (Å²) in [7, 11) is 0. The Labute approximate surface area is 102 Å². The van der Waals surface area contributed by atoms with E-state index in [2.05, 4.69) is 29.9 Å². The smallest absolute Gasteiger partial charge is 0.155 e. The van der Waals surface area contributed by atoms with Crippen molar-refractivity contribution in [1.82, 2.24) is 29.9 Å². The zero-order valence-electron chi connectivity index (χ0n) is 9.41. The maximum absolute atomic E-state index is 4.05. The topological polar surface area (TPSA) is 83.1 Å². The molecule has 0 amide bonds. The Morgan fingerprint density at radius 1 is 0.611 bits per heavy atom. The lowest BCUT2D eigenvalue weighted by molar-refractivity contribution is 1.26. The van der Waals surface area contributed by atoms with Crippen molar-refractivity contribution in [2.45, 2.75) is 0 Å². The fourth-order valence-corrected chi connectivity index (χ4v) is 1.56. The molecule has 0 aliphatic rings. The summed E-state index contributed by atoms with van der Waals surface area (Å²) in [5.41, 5.74) is 3.52. The van der Waals surface area contributed by atoms with E-state index in [1.54, 1.807) is 24.8 Å². The van der Waals surface area contributed by atoms with Gasteiger partial charge in [0.2, 0.25) is 0 Å². The average molecular weight is 238 g/mol. The van der Waals surface area contributed by atoms with Gasteiger partial charge < -0.3 is 9.97 Å². The number of aromatic nitrogens is 6. The Kier molecular flexibility index (Phi) is 2.67. The van der Waals surface area contributed by atoms with Crippen LogP contribution in [0.2, 0.25) is 0 Å². The predicted octanol–water partition coefficient (Wildman–Crippen LogP) is 1.92. The molecule has 0 aliphatic heterocycles. The minimum Gasteiger partial charge on any atom is -0.345 e. The number of rotatable bonds is 0. The summed E-state index contributed by atoms with van der Waals surface area (Å²) in [4.78, 5) is 22.0. The van der Waals surface area contributed by atoms with Crippen LogP contribution in [-0.4, -0.2) is 29.9 Å². The van der Waals surface area contributed by atoms with Crippen LogP contribution in [0.5, 0.6) is 0 Å². The van der Waals surface area contributed by atoms with Gasteiger partial charge in [0.05, 0.1) is 0 Å². The van der Waals surface area contributed by atoms with Crippen molar-refractivity contribution in [3.05, 3.63) is 49.3 Å². The molecule has 0 fully saturated rings. The molecule has 6 nitrogen and oxygen atoms in total. The van der Waals surface area contributed by atoms with Gasteiger partial charge >= 0.3 is 0 Å². The van der Waals surface area contributed by atoms with E-state index in [-0.39, 0.29) is 0 Å². The van der Waals surface area contributed by atoms with Crippen molar-refractivity contribution in [2.24, 2.45) is 0 Å². The summed E-state index contributed by atoms with van der Waals surface area (Å²) in [5.74, 6) is 0. The third kappa shape index (κ3) is 2.03. The first-order valence-corrected chi connectivity index (χ1v) is 5.42. The van der Waals surface area contributed by atoms with E-state index >= 15 is 0 Å². The summed E-state index contributed by atoms with van der Waals surface area (Å²) >= 11 is 0.